The van der Waals surface area contributed by atoms with Crippen molar-refractivity contribution < 1.29 is 14.7 Å². The van der Waals surface area contributed by atoms with Crippen LogP contribution in [0.2, 0.25) is 5.02 Å². The lowest BCUT2D eigenvalue weighted by molar-refractivity contribution is 0.0810. The van der Waals surface area contributed by atoms with Crippen molar-refractivity contribution >= 4 is 28.2 Å². The summed E-state index contributed by atoms with van der Waals surface area (Å²) in [6.07, 6.45) is 2.77. The maximum atomic E-state index is 13.7. The van der Waals surface area contributed by atoms with E-state index in [0.29, 0.717) is 34.8 Å². The molecule has 3 aromatic heterocycles. The number of fused-ring (bicyclic) bond motifs is 3. The van der Waals surface area contributed by atoms with Crippen LogP contribution in [0.5, 0.6) is 0 Å². The molecule has 0 amide bonds. The average Bonchev–Trinajstić information content (AvgIpc) is 3.48. The fourth-order valence-corrected chi connectivity index (χ4v) is 4.57. The molecule has 1 saturated heterocycles. The van der Waals surface area contributed by atoms with Crippen molar-refractivity contribution in [3.8, 4) is 11.5 Å². The van der Waals surface area contributed by atoms with Gasteiger partial charge in [0.1, 0.15) is 17.5 Å². The number of para-hydroxylation sites is 1. The highest BCUT2D eigenvalue weighted by Gasteiger charge is 2.23. The fraction of sp³-hybridized carbons (Fsp3) is 0.455. The minimum Gasteiger partial charge on any atom is -0.396 e. The first-order valence-corrected chi connectivity index (χ1v) is 11.4. The Morgan fingerprint density at radius 3 is 2.79 bits per heavy atom. The number of halogens is 1. The Balaban J connectivity index is 1.62. The fourth-order valence-electron chi connectivity index (χ4n) is 4.30. The van der Waals surface area contributed by atoms with Crippen molar-refractivity contribution in [1.29, 1.82) is 0 Å². The third-order valence-corrected chi connectivity index (χ3v) is 6.56. The minimum atomic E-state index is -0.320. The van der Waals surface area contributed by atoms with E-state index in [1.807, 2.05) is 12.1 Å². The number of rotatable bonds is 6. The van der Waals surface area contributed by atoms with Gasteiger partial charge in [-0.3, -0.25) is 9.20 Å². The van der Waals surface area contributed by atoms with E-state index in [9.17, 15) is 15.0 Å². The number of imidazole rings is 1. The van der Waals surface area contributed by atoms with Gasteiger partial charge in [-0.2, -0.15) is 4.98 Å². The van der Waals surface area contributed by atoms with Crippen molar-refractivity contribution in [3.63, 3.8) is 0 Å². The van der Waals surface area contributed by atoms with Crippen LogP contribution in [-0.2, 0) is 6.54 Å². The predicted molar refractivity (Wildman–Crippen MR) is 122 cm³/mol. The molecule has 0 radical (unpaired) electrons. The topological polar surface area (TPSA) is 122 Å². The van der Waals surface area contributed by atoms with Crippen LogP contribution in [0.1, 0.15) is 31.6 Å². The first-order valence-electron chi connectivity index (χ1n) is 11.0. The molecular weight excluding hydrogens is 448 g/mol. The molecule has 1 aliphatic rings. The van der Waals surface area contributed by atoms with Gasteiger partial charge in [-0.25, -0.2) is 4.98 Å². The van der Waals surface area contributed by atoms with E-state index in [-0.39, 0.29) is 35.9 Å². The molecule has 11 heteroatoms. The molecule has 0 saturated carbocycles. The summed E-state index contributed by atoms with van der Waals surface area (Å²) in [6, 6.07) is 5.49. The summed E-state index contributed by atoms with van der Waals surface area (Å²) in [4.78, 5) is 24.7. The van der Waals surface area contributed by atoms with Gasteiger partial charge in [0.05, 0.1) is 34.7 Å². The zero-order valence-electron chi connectivity index (χ0n) is 18.2. The molecule has 10 nitrogen and oxygen atoms in total. The second-order valence-electron chi connectivity index (χ2n) is 8.49. The molecule has 0 spiro atoms. The molecule has 0 aliphatic carbocycles. The zero-order chi connectivity index (χ0) is 23.1. The van der Waals surface area contributed by atoms with E-state index in [2.05, 4.69) is 20.0 Å². The summed E-state index contributed by atoms with van der Waals surface area (Å²) >= 11 is 6.55. The number of benzene rings is 1. The Morgan fingerprint density at radius 1 is 1.24 bits per heavy atom. The Hall–Kier alpha value is -2.79. The first-order chi connectivity index (χ1) is 16.0. The van der Waals surface area contributed by atoms with Gasteiger partial charge >= 0.3 is 0 Å². The molecule has 1 aromatic carbocycles. The summed E-state index contributed by atoms with van der Waals surface area (Å²) < 4.78 is 8.66. The monoisotopic (exact) mass is 472 g/mol. The van der Waals surface area contributed by atoms with Crippen molar-refractivity contribution in [2.45, 2.75) is 38.3 Å². The lowest BCUT2D eigenvalue weighted by Crippen LogP contribution is -2.39. The minimum absolute atomic E-state index is 0.130. The molecule has 5 rings (SSSR count). The van der Waals surface area contributed by atoms with Crippen LogP contribution in [0.25, 0.3) is 28.1 Å². The zero-order valence-corrected chi connectivity index (χ0v) is 18.9. The van der Waals surface area contributed by atoms with Crippen LogP contribution in [0.4, 0.5) is 0 Å². The third-order valence-electron chi connectivity index (χ3n) is 6.26. The van der Waals surface area contributed by atoms with Gasteiger partial charge in [-0.15, -0.1) is 0 Å². The molecule has 1 aliphatic heterocycles. The number of hydrogen-bond donors (Lipinski definition) is 2. The highest BCUT2D eigenvalue weighted by molar-refractivity contribution is 6.35. The Morgan fingerprint density at radius 2 is 2.03 bits per heavy atom. The van der Waals surface area contributed by atoms with Gasteiger partial charge in [0, 0.05) is 26.2 Å². The van der Waals surface area contributed by atoms with Crippen molar-refractivity contribution in [2.75, 3.05) is 26.2 Å². The van der Waals surface area contributed by atoms with Crippen molar-refractivity contribution in [2.24, 2.45) is 0 Å². The summed E-state index contributed by atoms with van der Waals surface area (Å²) in [7, 11) is 0. The Labute approximate surface area is 194 Å². The van der Waals surface area contributed by atoms with Crippen LogP contribution in [-0.4, -0.2) is 71.6 Å². The average molecular weight is 473 g/mol. The number of aliphatic hydroxyl groups excluding tert-OH is 2. The molecule has 0 bridgehead atoms. The molecule has 33 heavy (non-hydrogen) atoms. The largest absolute Gasteiger partial charge is 0.396 e. The van der Waals surface area contributed by atoms with E-state index in [1.54, 1.807) is 28.3 Å². The molecular formula is C22H25ClN6O4. The molecule has 1 fully saturated rings. The summed E-state index contributed by atoms with van der Waals surface area (Å²) in [6.45, 7) is 4.31. The number of aromatic nitrogens is 5. The van der Waals surface area contributed by atoms with Crippen LogP contribution >= 0.6 is 11.6 Å². The highest BCUT2D eigenvalue weighted by atomic mass is 35.5. The smallest absolute Gasteiger partial charge is 0.277 e. The second kappa shape index (κ2) is 8.86. The van der Waals surface area contributed by atoms with E-state index in [1.165, 1.54) is 0 Å². The van der Waals surface area contributed by atoms with Gasteiger partial charge in [-0.1, -0.05) is 29.7 Å². The lowest BCUT2D eigenvalue weighted by atomic mass is 10.1. The number of aliphatic hydroxyl groups is 2. The molecule has 1 unspecified atom stereocenters. The maximum absolute atomic E-state index is 13.7. The highest BCUT2D eigenvalue weighted by Crippen LogP contribution is 2.27. The second-order valence-corrected chi connectivity index (χ2v) is 8.90. The van der Waals surface area contributed by atoms with Crippen molar-refractivity contribution in [1.82, 2.24) is 29.0 Å². The predicted octanol–water partition coefficient (Wildman–Crippen LogP) is 1.91. The Kier molecular flexibility index (Phi) is 5.92. The standard InChI is InChI=1S/C22H25ClN6O4/c1-13(11-30)21-25-20(26-33-21)17-19-22(32)28(10-9-27-7-5-14(31)6-8-27)18-15(23)3-2-4-16(18)29(19)12-24-17/h2-4,12-14,30-31H,5-11H2,1H3. The van der Waals surface area contributed by atoms with Crippen LogP contribution in [0.3, 0.4) is 0 Å². The molecule has 1 atom stereocenters. The number of piperidine rings is 1. The Bertz CT molecular complexity index is 1350. The normalized spacial score (nSPS) is 16.7. The maximum Gasteiger partial charge on any atom is 0.277 e. The van der Waals surface area contributed by atoms with Gasteiger partial charge in [0.15, 0.2) is 0 Å². The van der Waals surface area contributed by atoms with Crippen LogP contribution in [0.15, 0.2) is 33.8 Å². The van der Waals surface area contributed by atoms with E-state index < -0.39 is 0 Å². The number of nitrogens with zero attached hydrogens (tertiary/aromatic N) is 6. The summed E-state index contributed by atoms with van der Waals surface area (Å²) in [5, 5.41) is 23.6. The summed E-state index contributed by atoms with van der Waals surface area (Å²) in [5.41, 5.74) is 1.79. The van der Waals surface area contributed by atoms with Gasteiger partial charge < -0.3 is 24.2 Å². The number of hydrogen-bond acceptors (Lipinski definition) is 8. The van der Waals surface area contributed by atoms with Gasteiger partial charge in [-0.05, 0) is 25.0 Å². The van der Waals surface area contributed by atoms with Gasteiger partial charge in [0.2, 0.25) is 11.7 Å². The molecule has 4 heterocycles. The SMILES string of the molecule is CC(CO)c1nc(-c2ncn3c2c(=O)n(CCN2CCC(O)CC2)c2c(Cl)cccc23)no1. The van der Waals surface area contributed by atoms with E-state index >= 15 is 0 Å². The van der Waals surface area contributed by atoms with Crippen LogP contribution < -0.4 is 5.56 Å². The van der Waals surface area contributed by atoms with Crippen LogP contribution in [0, 0.1) is 0 Å². The molecule has 174 valence electrons. The van der Waals surface area contributed by atoms with Gasteiger partial charge in [0.25, 0.3) is 5.56 Å². The summed E-state index contributed by atoms with van der Waals surface area (Å²) in [5.74, 6) is 0.160. The first kappa shape index (κ1) is 22.0. The molecule has 4 aromatic rings. The number of likely N-dealkylation sites (tertiary alicyclic amines) is 1. The van der Waals surface area contributed by atoms with Crippen molar-refractivity contribution in [3.05, 3.63) is 45.8 Å². The van der Waals surface area contributed by atoms with E-state index in [4.69, 9.17) is 16.1 Å². The quantitative estimate of drug-likeness (QED) is 0.436. The lowest BCUT2D eigenvalue weighted by Gasteiger charge is -2.29. The van der Waals surface area contributed by atoms with E-state index in [0.717, 1.165) is 31.4 Å². The molecule has 2 N–H and O–H groups in total. The third kappa shape index (κ3) is 3.93.